The molecule has 2 unspecified atom stereocenters. The van der Waals surface area contributed by atoms with Crippen LogP contribution in [0.25, 0.3) is 16.6 Å². The number of ketones is 1. The molecule has 0 amide bonds. The van der Waals surface area contributed by atoms with Crippen LogP contribution in [0.1, 0.15) is 28.8 Å². The van der Waals surface area contributed by atoms with Crippen LogP contribution in [0, 0.1) is 11.8 Å². The Morgan fingerprint density at radius 1 is 1.24 bits per heavy atom. The van der Waals surface area contributed by atoms with E-state index in [1.165, 1.54) is 11.1 Å². The van der Waals surface area contributed by atoms with Crippen LogP contribution < -0.4 is 4.74 Å². The van der Waals surface area contributed by atoms with E-state index in [4.69, 9.17) is 4.74 Å². The molecular weight excluding hydrogens is 362 g/mol. The van der Waals surface area contributed by atoms with Crippen molar-refractivity contribution < 1.29 is 9.53 Å². The van der Waals surface area contributed by atoms with Crippen molar-refractivity contribution in [3.8, 4) is 5.88 Å². The van der Waals surface area contributed by atoms with Gasteiger partial charge in [0.1, 0.15) is 0 Å². The molecular formula is C24H25N3O2. The van der Waals surface area contributed by atoms with E-state index >= 15 is 0 Å². The Labute approximate surface area is 170 Å². The van der Waals surface area contributed by atoms with Crippen molar-refractivity contribution in [3.05, 3.63) is 65.9 Å². The SMILES string of the molecule is COc1ccc2[nH]cc(C3=CCN(CC4CC4C(=O)c4ccccc4)CC3)c2n1. The molecule has 1 aliphatic heterocycles. The Balaban J connectivity index is 1.22. The van der Waals surface area contributed by atoms with Crippen LogP contribution >= 0.6 is 0 Å². The molecule has 1 aromatic carbocycles. The molecule has 148 valence electrons. The number of rotatable bonds is 6. The van der Waals surface area contributed by atoms with E-state index in [2.05, 4.69) is 20.9 Å². The highest BCUT2D eigenvalue weighted by atomic mass is 16.5. The first-order chi connectivity index (χ1) is 14.2. The third-order valence-corrected chi connectivity index (χ3v) is 6.16. The number of nitrogens with zero attached hydrogens (tertiary/aromatic N) is 2. The molecule has 2 aliphatic rings. The molecule has 0 spiro atoms. The van der Waals surface area contributed by atoms with E-state index in [1.807, 2.05) is 48.7 Å². The maximum atomic E-state index is 12.6. The van der Waals surface area contributed by atoms with Gasteiger partial charge in [-0.25, -0.2) is 4.98 Å². The van der Waals surface area contributed by atoms with E-state index in [0.29, 0.717) is 17.6 Å². The van der Waals surface area contributed by atoms with Crippen LogP contribution in [0.4, 0.5) is 0 Å². The standard InChI is InChI=1S/C24H25N3O2/c1-29-22-8-7-21-23(26-22)20(14-25-21)16-9-11-27(12-10-16)15-18-13-19(18)24(28)17-5-3-2-4-6-17/h2-9,14,18-19,25H,10-13,15H2,1H3. The van der Waals surface area contributed by atoms with Gasteiger partial charge in [0.2, 0.25) is 5.88 Å². The molecule has 2 aromatic heterocycles. The van der Waals surface area contributed by atoms with Gasteiger partial charge in [0.15, 0.2) is 5.78 Å². The van der Waals surface area contributed by atoms with E-state index in [9.17, 15) is 4.79 Å². The second-order valence-corrected chi connectivity index (χ2v) is 8.02. The Hall–Kier alpha value is -2.92. The van der Waals surface area contributed by atoms with Gasteiger partial charge in [-0.15, -0.1) is 0 Å². The molecule has 5 rings (SSSR count). The van der Waals surface area contributed by atoms with Gasteiger partial charge in [-0.1, -0.05) is 36.4 Å². The summed E-state index contributed by atoms with van der Waals surface area (Å²) in [5.74, 6) is 1.65. The van der Waals surface area contributed by atoms with Gasteiger partial charge in [0.25, 0.3) is 0 Å². The number of Topliss-reactive ketones (excluding diaryl/α,β-unsaturated/α-hetero) is 1. The van der Waals surface area contributed by atoms with Crippen LogP contribution in [-0.2, 0) is 0 Å². The Morgan fingerprint density at radius 2 is 2.10 bits per heavy atom. The van der Waals surface area contributed by atoms with Gasteiger partial charge in [-0.3, -0.25) is 9.69 Å². The van der Waals surface area contributed by atoms with Crippen molar-refractivity contribution in [2.45, 2.75) is 12.8 Å². The van der Waals surface area contributed by atoms with Gasteiger partial charge in [-0.05, 0) is 30.4 Å². The first kappa shape index (κ1) is 18.1. The Kier molecular flexibility index (Phi) is 4.68. The summed E-state index contributed by atoms with van der Waals surface area (Å²) in [4.78, 5) is 23.0. The lowest BCUT2D eigenvalue weighted by Crippen LogP contribution is -2.31. The van der Waals surface area contributed by atoms with Gasteiger partial charge in [0, 0.05) is 48.9 Å². The van der Waals surface area contributed by atoms with E-state index in [0.717, 1.165) is 49.1 Å². The molecule has 1 N–H and O–H groups in total. The van der Waals surface area contributed by atoms with Crippen molar-refractivity contribution in [2.24, 2.45) is 11.8 Å². The maximum Gasteiger partial charge on any atom is 0.213 e. The summed E-state index contributed by atoms with van der Waals surface area (Å²) in [6, 6.07) is 13.6. The number of nitrogens with one attached hydrogen (secondary N) is 1. The fourth-order valence-corrected chi connectivity index (χ4v) is 4.38. The van der Waals surface area contributed by atoms with Crippen LogP contribution in [-0.4, -0.2) is 47.4 Å². The molecule has 3 aromatic rings. The lowest BCUT2D eigenvalue weighted by atomic mass is 10.0. The molecule has 3 heterocycles. The summed E-state index contributed by atoms with van der Waals surface area (Å²) in [5, 5.41) is 0. The smallest absolute Gasteiger partial charge is 0.213 e. The minimum atomic E-state index is 0.202. The number of carbonyl (C=O) groups excluding carboxylic acids is 1. The normalized spacial score (nSPS) is 21.8. The van der Waals surface area contributed by atoms with Gasteiger partial charge in [0.05, 0.1) is 18.1 Å². The summed E-state index contributed by atoms with van der Waals surface area (Å²) < 4.78 is 5.28. The summed E-state index contributed by atoms with van der Waals surface area (Å²) in [6.45, 7) is 2.95. The molecule has 5 nitrogen and oxygen atoms in total. The quantitative estimate of drug-likeness (QED) is 0.645. The molecule has 1 aliphatic carbocycles. The largest absolute Gasteiger partial charge is 0.481 e. The first-order valence-corrected chi connectivity index (χ1v) is 10.3. The van der Waals surface area contributed by atoms with Crippen LogP contribution in [0.3, 0.4) is 0 Å². The highest BCUT2D eigenvalue weighted by molar-refractivity contribution is 5.99. The molecule has 5 heteroatoms. The number of fused-ring (bicyclic) bond motifs is 1. The third-order valence-electron chi connectivity index (χ3n) is 6.16. The Bertz CT molecular complexity index is 1070. The number of pyridine rings is 1. The lowest BCUT2D eigenvalue weighted by molar-refractivity contribution is 0.0957. The van der Waals surface area contributed by atoms with Crippen molar-refractivity contribution in [3.63, 3.8) is 0 Å². The molecule has 1 fully saturated rings. The molecule has 1 saturated carbocycles. The number of H-pyrrole nitrogens is 1. The zero-order valence-electron chi connectivity index (χ0n) is 16.6. The minimum Gasteiger partial charge on any atom is -0.481 e. The predicted octanol–water partition coefficient (Wildman–Crippen LogP) is 4.18. The number of aromatic nitrogens is 2. The number of aromatic amines is 1. The minimum absolute atomic E-state index is 0.202. The van der Waals surface area contributed by atoms with E-state index < -0.39 is 0 Å². The topological polar surface area (TPSA) is 58.2 Å². The number of hydrogen-bond acceptors (Lipinski definition) is 4. The van der Waals surface area contributed by atoms with Crippen molar-refractivity contribution in [1.29, 1.82) is 0 Å². The number of carbonyl (C=O) groups is 1. The summed E-state index contributed by atoms with van der Waals surface area (Å²) in [5.41, 5.74) is 5.36. The second-order valence-electron chi connectivity index (χ2n) is 8.02. The molecule has 0 radical (unpaired) electrons. The number of hydrogen-bond donors (Lipinski definition) is 1. The summed E-state index contributed by atoms with van der Waals surface area (Å²) >= 11 is 0. The fourth-order valence-electron chi connectivity index (χ4n) is 4.38. The second kappa shape index (κ2) is 7.48. The van der Waals surface area contributed by atoms with Crippen LogP contribution in [0.5, 0.6) is 5.88 Å². The van der Waals surface area contributed by atoms with Crippen molar-refractivity contribution in [2.75, 3.05) is 26.7 Å². The molecule has 0 saturated heterocycles. The fraction of sp³-hybridized carbons (Fsp3) is 0.333. The van der Waals surface area contributed by atoms with Crippen LogP contribution in [0.2, 0.25) is 0 Å². The third kappa shape index (κ3) is 3.58. The van der Waals surface area contributed by atoms with Gasteiger partial charge < -0.3 is 9.72 Å². The van der Waals surface area contributed by atoms with E-state index in [1.54, 1.807) is 7.11 Å². The average Bonchev–Trinajstić information content (AvgIpc) is 3.41. The lowest BCUT2D eigenvalue weighted by Gasteiger charge is -2.26. The van der Waals surface area contributed by atoms with Gasteiger partial charge >= 0.3 is 0 Å². The van der Waals surface area contributed by atoms with Crippen LogP contribution in [0.15, 0.2) is 54.7 Å². The molecule has 29 heavy (non-hydrogen) atoms. The number of methoxy groups -OCH3 is 1. The van der Waals surface area contributed by atoms with E-state index in [-0.39, 0.29) is 5.92 Å². The summed E-state index contributed by atoms with van der Waals surface area (Å²) in [6.07, 6.45) is 6.38. The average molecular weight is 387 g/mol. The van der Waals surface area contributed by atoms with Crippen molar-refractivity contribution >= 4 is 22.4 Å². The monoisotopic (exact) mass is 387 g/mol. The molecule has 0 bridgehead atoms. The number of benzene rings is 1. The zero-order valence-corrected chi connectivity index (χ0v) is 16.6. The highest BCUT2D eigenvalue weighted by Gasteiger charge is 2.43. The maximum absolute atomic E-state index is 12.6. The predicted molar refractivity (Wildman–Crippen MR) is 114 cm³/mol. The first-order valence-electron chi connectivity index (χ1n) is 10.3. The zero-order chi connectivity index (χ0) is 19.8. The highest BCUT2D eigenvalue weighted by Crippen LogP contribution is 2.42. The van der Waals surface area contributed by atoms with Crippen molar-refractivity contribution in [1.82, 2.24) is 14.9 Å². The molecule has 2 atom stereocenters. The Morgan fingerprint density at radius 3 is 2.86 bits per heavy atom. The summed E-state index contributed by atoms with van der Waals surface area (Å²) in [7, 11) is 1.64. The van der Waals surface area contributed by atoms with Gasteiger partial charge in [-0.2, -0.15) is 0 Å². The number of ether oxygens (including phenoxy) is 1.